The van der Waals surface area contributed by atoms with Gasteiger partial charge in [-0.2, -0.15) is 17.2 Å². The standard InChI is InChI=1S/C17H11N3O4S2/c21-26(22,15-5-3-4-14-17(15)20-25-19-14)24-13-9-7-12(8-10-13)23-16-6-1-2-11-18-16/h1-11H. The topological polar surface area (TPSA) is 91.3 Å². The molecule has 0 bridgehead atoms. The van der Waals surface area contributed by atoms with Gasteiger partial charge < -0.3 is 8.92 Å². The Bertz CT molecular complexity index is 1140. The third-order valence-corrected chi connectivity index (χ3v) is 5.23. The fraction of sp³-hybridized carbons (Fsp3) is 0. The Hall–Kier alpha value is -3.04. The van der Waals surface area contributed by atoms with Crippen molar-refractivity contribution < 1.29 is 17.3 Å². The molecular weight excluding hydrogens is 374 g/mol. The predicted molar refractivity (Wildman–Crippen MR) is 96.0 cm³/mol. The van der Waals surface area contributed by atoms with E-state index < -0.39 is 10.1 Å². The number of pyridine rings is 1. The van der Waals surface area contributed by atoms with Crippen molar-refractivity contribution in [3.63, 3.8) is 0 Å². The van der Waals surface area contributed by atoms with Gasteiger partial charge in [0.15, 0.2) is 0 Å². The van der Waals surface area contributed by atoms with Crippen molar-refractivity contribution >= 4 is 32.9 Å². The summed E-state index contributed by atoms with van der Waals surface area (Å²) in [7, 11) is -4.03. The van der Waals surface area contributed by atoms with Crippen LogP contribution < -0.4 is 8.92 Å². The second kappa shape index (κ2) is 6.70. The van der Waals surface area contributed by atoms with Crippen LogP contribution in [0.25, 0.3) is 11.0 Å². The van der Waals surface area contributed by atoms with Gasteiger partial charge in [0.1, 0.15) is 27.4 Å². The Labute approximate surface area is 153 Å². The molecule has 26 heavy (non-hydrogen) atoms. The SMILES string of the molecule is O=S(=O)(Oc1ccc(Oc2ccccn2)cc1)c1cccc2nsnc12. The molecule has 0 fully saturated rings. The minimum absolute atomic E-state index is 0.0161. The molecule has 130 valence electrons. The molecule has 0 aliphatic heterocycles. The number of ether oxygens (including phenoxy) is 1. The van der Waals surface area contributed by atoms with E-state index in [-0.39, 0.29) is 10.6 Å². The summed E-state index contributed by atoms with van der Waals surface area (Å²) in [5.41, 5.74) is 0.811. The van der Waals surface area contributed by atoms with Gasteiger partial charge in [0, 0.05) is 12.3 Å². The van der Waals surface area contributed by atoms with Crippen LogP contribution >= 0.6 is 11.7 Å². The normalized spacial score (nSPS) is 11.4. The Morgan fingerprint density at radius 3 is 2.42 bits per heavy atom. The molecule has 2 aromatic carbocycles. The zero-order valence-corrected chi connectivity index (χ0v) is 14.8. The van der Waals surface area contributed by atoms with Crippen LogP contribution in [0.2, 0.25) is 0 Å². The Morgan fingerprint density at radius 2 is 1.65 bits per heavy atom. The van der Waals surface area contributed by atoms with Crippen LogP contribution in [0.3, 0.4) is 0 Å². The van der Waals surface area contributed by atoms with Crippen LogP contribution in [0.5, 0.6) is 17.4 Å². The second-order valence-electron chi connectivity index (χ2n) is 5.17. The van der Waals surface area contributed by atoms with Crippen molar-refractivity contribution in [2.45, 2.75) is 4.90 Å². The van der Waals surface area contributed by atoms with Crippen molar-refractivity contribution in [1.29, 1.82) is 0 Å². The minimum Gasteiger partial charge on any atom is -0.439 e. The lowest BCUT2D eigenvalue weighted by molar-refractivity contribution is 0.459. The van der Waals surface area contributed by atoms with Crippen molar-refractivity contribution in [2.75, 3.05) is 0 Å². The number of hydrogen-bond donors (Lipinski definition) is 0. The van der Waals surface area contributed by atoms with Crippen LogP contribution in [0.4, 0.5) is 0 Å². The first kappa shape index (κ1) is 16.4. The van der Waals surface area contributed by atoms with Gasteiger partial charge >= 0.3 is 10.1 Å². The number of aromatic nitrogens is 3. The highest BCUT2D eigenvalue weighted by Gasteiger charge is 2.21. The molecule has 0 amide bonds. The minimum atomic E-state index is -4.03. The first-order valence-electron chi connectivity index (χ1n) is 7.46. The van der Waals surface area contributed by atoms with Gasteiger partial charge in [0.05, 0.1) is 11.7 Å². The van der Waals surface area contributed by atoms with Gasteiger partial charge in [-0.1, -0.05) is 12.1 Å². The first-order valence-corrected chi connectivity index (χ1v) is 9.60. The molecule has 0 unspecified atom stereocenters. The van der Waals surface area contributed by atoms with E-state index in [1.807, 2.05) is 0 Å². The molecule has 0 saturated heterocycles. The highest BCUT2D eigenvalue weighted by Crippen LogP contribution is 2.27. The fourth-order valence-corrected chi connectivity index (χ4v) is 3.94. The first-order chi connectivity index (χ1) is 12.6. The lowest BCUT2D eigenvalue weighted by Crippen LogP contribution is -2.10. The summed E-state index contributed by atoms with van der Waals surface area (Å²) in [6.45, 7) is 0. The Balaban J connectivity index is 1.56. The Morgan fingerprint density at radius 1 is 0.846 bits per heavy atom. The molecular formula is C17H11N3O4S2. The lowest BCUT2D eigenvalue weighted by atomic mass is 10.3. The van der Waals surface area contributed by atoms with E-state index in [0.29, 0.717) is 22.7 Å². The highest BCUT2D eigenvalue weighted by molar-refractivity contribution is 7.87. The third-order valence-electron chi connectivity index (χ3n) is 3.41. The molecule has 0 N–H and O–H groups in total. The van der Waals surface area contributed by atoms with Crippen LogP contribution in [-0.4, -0.2) is 22.1 Å². The molecule has 0 radical (unpaired) electrons. The van der Waals surface area contributed by atoms with Crippen LogP contribution in [-0.2, 0) is 10.1 Å². The van der Waals surface area contributed by atoms with Crippen LogP contribution in [0, 0.1) is 0 Å². The summed E-state index contributed by atoms with van der Waals surface area (Å²) in [6, 6.07) is 16.3. The van der Waals surface area contributed by atoms with E-state index in [4.69, 9.17) is 8.92 Å². The van der Waals surface area contributed by atoms with Gasteiger partial charge in [-0.3, -0.25) is 0 Å². The fourth-order valence-electron chi connectivity index (χ4n) is 2.25. The number of fused-ring (bicyclic) bond motifs is 1. The van der Waals surface area contributed by atoms with Crippen molar-refractivity contribution in [3.8, 4) is 17.4 Å². The van der Waals surface area contributed by atoms with E-state index >= 15 is 0 Å². The van der Waals surface area contributed by atoms with E-state index in [0.717, 1.165) is 11.7 Å². The average Bonchev–Trinajstić information content (AvgIpc) is 3.12. The third kappa shape index (κ3) is 3.35. The highest BCUT2D eigenvalue weighted by atomic mass is 32.2. The number of rotatable bonds is 5. The molecule has 7 nitrogen and oxygen atoms in total. The van der Waals surface area contributed by atoms with Crippen molar-refractivity contribution in [1.82, 2.24) is 13.7 Å². The monoisotopic (exact) mass is 385 g/mol. The largest absolute Gasteiger partial charge is 0.439 e. The molecule has 0 atom stereocenters. The molecule has 9 heteroatoms. The molecule has 0 aliphatic rings. The van der Waals surface area contributed by atoms with Gasteiger partial charge in [-0.15, -0.1) is 0 Å². The smallest absolute Gasteiger partial charge is 0.341 e. The zero-order valence-electron chi connectivity index (χ0n) is 13.1. The van der Waals surface area contributed by atoms with E-state index in [1.165, 1.54) is 18.2 Å². The zero-order chi connectivity index (χ0) is 18.0. The molecule has 0 spiro atoms. The maximum absolute atomic E-state index is 12.6. The summed E-state index contributed by atoms with van der Waals surface area (Å²) < 4.78 is 44.0. The van der Waals surface area contributed by atoms with Gasteiger partial charge in [0.25, 0.3) is 0 Å². The molecule has 4 rings (SSSR count). The van der Waals surface area contributed by atoms with Crippen LogP contribution in [0.1, 0.15) is 0 Å². The molecule has 4 aromatic rings. The number of benzene rings is 2. The van der Waals surface area contributed by atoms with Gasteiger partial charge in [0.2, 0.25) is 5.88 Å². The number of hydrogen-bond acceptors (Lipinski definition) is 8. The lowest BCUT2D eigenvalue weighted by Gasteiger charge is -2.08. The summed E-state index contributed by atoms with van der Waals surface area (Å²) >= 11 is 0.950. The summed E-state index contributed by atoms with van der Waals surface area (Å²) in [5.74, 6) is 1.12. The van der Waals surface area contributed by atoms with E-state index in [2.05, 4.69) is 13.7 Å². The van der Waals surface area contributed by atoms with Gasteiger partial charge in [-0.25, -0.2) is 4.98 Å². The maximum atomic E-state index is 12.6. The molecule has 0 aliphatic carbocycles. The molecule has 2 aromatic heterocycles. The second-order valence-corrected chi connectivity index (χ2v) is 7.21. The average molecular weight is 385 g/mol. The van der Waals surface area contributed by atoms with E-state index in [1.54, 1.807) is 48.7 Å². The molecule has 2 heterocycles. The van der Waals surface area contributed by atoms with Gasteiger partial charge in [-0.05, 0) is 42.5 Å². The predicted octanol–water partition coefficient (Wildman–Crippen LogP) is 3.65. The van der Waals surface area contributed by atoms with Crippen molar-refractivity contribution in [2.24, 2.45) is 0 Å². The number of nitrogens with zero attached hydrogens (tertiary/aromatic N) is 3. The Kier molecular flexibility index (Phi) is 4.23. The van der Waals surface area contributed by atoms with Crippen LogP contribution in [0.15, 0.2) is 71.8 Å². The van der Waals surface area contributed by atoms with Crippen molar-refractivity contribution in [3.05, 3.63) is 66.9 Å². The quantitative estimate of drug-likeness (QED) is 0.484. The maximum Gasteiger partial charge on any atom is 0.341 e. The summed E-state index contributed by atoms with van der Waals surface area (Å²) in [6.07, 6.45) is 1.62. The summed E-state index contributed by atoms with van der Waals surface area (Å²) in [4.78, 5) is 4.04. The van der Waals surface area contributed by atoms with E-state index in [9.17, 15) is 8.42 Å². The molecule has 0 saturated carbocycles. The summed E-state index contributed by atoms with van der Waals surface area (Å²) in [5, 5.41) is 0.